The van der Waals surface area contributed by atoms with Crippen LogP contribution >= 0.6 is 11.6 Å². The number of hydrazine groups is 1. The molecule has 0 amide bonds. The Morgan fingerprint density at radius 1 is 1.47 bits per heavy atom. The lowest BCUT2D eigenvalue weighted by Gasteiger charge is -2.17. The lowest BCUT2D eigenvalue weighted by molar-refractivity contribution is 0.523. The molecule has 1 heterocycles. The zero-order chi connectivity index (χ0) is 13.8. The summed E-state index contributed by atoms with van der Waals surface area (Å²) in [6, 6.07) is 6.02. The van der Waals surface area contributed by atoms with Crippen LogP contribution < -0.4 is 11.3 Å². The van der Waals surface area contributed by atoms with E-state index in [0.29, 0.717) is 0 Å². The van der Waals surface area contributed by atoms with Crippen molar-refractivity contribution in [1.82, 2.24) is 15.0 Å². The maximum Gasteiger partial charge on any atom is 0.110 e. The van der Waals surface area contributed by atoms with Crippen LogP contribution in [0.25, 0.3) is 0 Å². The minimum atomic E-state index is 0.00537. The minimum Gasteiger partial charge on any atom is -0.335 e. The van der Waals surface area contributed by atoms with Gasteiger partial charge in [-0.25, -0.2) is 4.98 Å². The summed E-state index contributed by atoms with van der Waals surface area (Å²) in [5.74, 6) is 6.69. The Bertz CT molecular complexity index is 550. The fourth-order valence-corrected chi connectivity index (χ4v) is 2.29. The van der Waals surface area contributed by atoms with Crippen LogP contribution in [0.3, 0.4) is 0 Å². The SMILES string of the molecule is CCn1ccnc1CC(NN)c1ccc(C)c(Cl)c1. The third-order valence-electron chi connectivity index (χ3n) is 3.33. The van der Waals surface area contributed by atoms with Crippen molar-refractivity contribution in [3.63, 3.8) is 0 Å². The number of aryl methyl sites for hydroxylation is 2. The Hall–Kier alpha value is -1.36. The monoisotopic (exact) mass is 278 g/mol. The number of nitrogens with one attached hydrogen (secondary N) is 1. The summed E-state index contributed by atoms with van der Waals surface area (Å²) in [4.78, 5) is 4.37. The number of imidazole rings is 1. The van der Waals surface area contributed by atoms with E-state index in [1.165, 1.54) is 0 Å². The van der Waals surface area contributed by atoms with Gasteiger partial charge in [-0.15, -0.1) is 0 Å². The molecule has 1 atom stereocenters. The van der Waals surface area contributed by atoms with Gasteiger partial charge in [0.25, 0.3) is 0 Å². The number of hydrogen-bond acceptors (Lipinski definition) is 3. The second-order valence-electron chi connectivity index (χ2n) is 4.56. The van der Waals surface area contributed by atoms with Gasteiger partial charge >= 0.3 is 0 Å². The molecule has 0 aliphatic rings. The second kappa shape index (κ2) is 6.19. The van der Waals surface area contributed by atoms with E-state index in [9.17, 15) is 0 Å². The fraction of sp³-hybridized carbons (Fsp3) is 0.357. The average molecular weight is 279 g/mol. The van der Waals surface area contributed by atoms with E-state index in [1.807, 2.05) is 37.5 Å². The van der Waals surface area contributed by atoms with Crippen molar-refractivity contribution in [2.75, 3.05) is 0 Å². The smallest absolute Gasteiger partial charge is 0.110 e. The summed E-state index contributed by atoms with van der Waals surface area (Å²) >= 11 is 6.17. The van der Waals surface area contributed by atoms with E-state index in [4.69, 9.17) is 17.4 Å². The molecule has 3 N–H and O–H groups in total. The number of hydrogen-bond donors (Lipinski definition) is 2. The van der Waals surface area contributed by atoms with Crippen LogP contribution in [0, 0.1) is 6.92 Å². The number of rotatable bonds is 5. The zero-order valence-corrected chi connectivity index (χ0v) is 12.0. The van der Waals surface area contributed by atoms with Crippen LogP contribution in [0.2, 0.25) is 5.02 Å². The van der Waals surface area contributed by atoms with Gasteiger partial charge in [0, 0.05) is 30.4 Å². The van der Waals surface area contributed by atoms with E-state index >= 15 is 0 Å². The molecule has 0 saturated heterocycles. The van der Waals surface area contributed by atoms with Gasteiger partial charge in [-0.1, -0.05) is 23.7 Å². The largest absolute Gasteiger partial charge is 0.335 e. The van der Waals surface area contributed by atoms with Crippen LogP contribution in [-0.2, 0) is 13.0 Å². The van der Waals surface area contributed by atoms with Crippen LogP contribution in [0.15, 0.2) is 30.6 Å². The summed E-state index contributed by atoms with van der Waals surface area (Å²) in [5, 5.41) is 0.761. The highest BCUT2D eigenvalue weighted by Crippen LogP contribution is 2.23. The highest BCUT2D eigenvalue weighted by molar-refractivity contribution is 6.31. The summed E-state index contributed by atoms with van der Waals surface area (Å²) in [5.41, 5.74) is 4.98. The number of nitrogens with two attached hydrogens (primary N) is 1. The highest BCUT2D eigenvalue weighted by Gasteiger charge is 2.14. The van der Waals surface area contributed by atoms with Crippen LogP contribution in [0.5, 0.6) is 0 Å². The van der Waals surface area contributed by atoms with Crippen molar-refractivity contribution in [3.05, 3.63) is 52.6 Å². The molecule has 0 aliphatic carbocycles. The molecule has 2 rings (SSSR count). The molecule has 0 aliphatic heterocycles. The first-order valence-corrected chi connectivity index (χ1v) is 6.75. The van der Waals surface area contributed by atoms with Crippen molar-refractivity contribution in [2.24, 2.45) is 5.84 Å². The van der Waals surface area contributed by atoms with Gasteiger partial charge in [0.15, 0.2) is 0 Å². The first-order valence-electron chi connectivity index (χ1n) is 6.38. The molecule has 0 spiro atoms. The highest BCUT2D eigenvalue weighted by atomic mass is 35.5. The van der Waals surface area contributed by atoms with Crippen LogP contribution in [-0.4, -0.2) is 9.55 Å². The normalized spacial score (nSPS) is 12.6. The Morgan fingerprint density at radius 2 is 2.26 bits per heavy atom. The summed E-state index contributed by atoms with van der Waals surface area (Å²) in [6.45, 7) is 4.99. The molecule has 2 aromatic rings. The molecular formula is C14H19ClN4. The van der Waals surface area contributed by atoms with Gasteiger partial charge in [0.05, 0.1) is 6.04 Å². The molecule has 1 aromatic heterocycles. The lowest BCUT2D eigenvalue weighted by Crippen LogP contribution is -2.30. The van der Waals surface area contributed by atoms with Crippen LogP contribution in [0.4, 0.5) is 0 Å². The summed E-state index contributed by atoms with van der Waals surface area (Å²) in [6.07, 6.45) is 4.52. The molecule has 19 heavy (non-hydrogen) atoms. The Labute approximate surface area is 118 Å². The Morgan fingerprint density at radius 3 is 2.89 bits per heavy atom. The lowest BCUT2D eigenvalue weighted by atomic mass is 10.0. The van der Waals surface area contributed by atoms with E-state index < -0.39 is 0 Å². The number of benzene rings is 1. The third kappa shape index (κ3) is 3.15. The van der Waals surface area contributed by atoms with Gasteiger partial charge in [0.2, 0.25) is 0 Å². The van der Waals surface area contributed by atoms with E-state index in [2.05, 4.69) is 21.9 Å². The number of nitrogens with zero attached hydrogens (tertiary/aromatic N) is 2. The van der Waals surface area contributed by atoms with Crippen molar-refractivity contribution in [1.29, 1.82) is 0 Å². The van der Waals surface area contributed by atoms with Crippen molar-refractivity contribution in [3.8, 4) is 0 Å². The van der Waals surface area contributed by atoms with Crippen molar-refractivity contribution in [2.45, 2.75) is 32.9 Å². The molecule has 1 unspecified atom stereocenters. The molecular weight excluding hydrogens is 260 g/mol. The quantitative estimate of drug-likeness (QED) is 0.653. The molecule has 4 nitrogen and oxygen atoms in total. The maximum absolute atomic E-state index is 6.17. The van der Waals surface area contributed by atoms with Crippen molar-refractivity contribution < 1.29 is 0 Å². The molecule has 0 fully saturated rings. The van der Waals surface area contributed by atoms with E-state index in [-0.39, 0.29) is 6.04 Å². The first-order chi connectivity index (χ1) is 9.15. The molecule has 1 aromatic carbocycles. The molecule has 0 bridgehead atoms. The van der Waals surface area contributed by atoms with Gasteiger partial charge in [-0.3, -0.25) is 11.3 Å². The number of halogens is 1. The first kappa shape index (κ1) is 14.1. The maximum atomic E-state index is 6.17. The average Bonchev–Trinajstić information content (AvgIpc) is 2.86. The molecule has 5 heteroatoms. The Balaban J connectivity index is 2.22. The third-order valence-corrected chi connectivity index (χ3v) is 3.74. The van der Waals surface area contributed by atoms with Gasteiger partial charge in [-0.05, 0) is 31.0 Å². The molecule has 0 saturated carbocycles. The summed E-state index contributed by atoms with van der Waals surface area (Å²) < 4.78 is 2.11. The van der Waals surface area contributed by atoms with Gasteiger partial charge in [0.1, 0.15) is 5.82 Å². The van der Waals surface area contributed by atoms with Crippen LogP contribution in [0.1, 0.15) is 29.9 Å². The molecule has 102 valence electrons. The Kier molecular flexibility index (Phi) is 4.58. The van der Waals surface area contributed by atoms with Gasteiger partial charge < -0.3 is 4.57 Å². The second-order valence-corrected chi connectivity index (χ2v) is 4.97. The molecule has 0 radical (unpaired) electrons. The van der Waals surface area contributed by atoms with Crippen molar-refractivity contribution >= 4 is 11.6 Å². The zero-order valence-electron chi connectivity index (χ0n) is 11.2. The topological polar surface area (TPSA) is 55.9 Å². The standard InChI is InChI=1S/C14H19ClN4/c1-3-19-7-6-17-14(19)9-13(18-16)11-5-4-10(2)12(15)8-11/h4-8,13,18H,3,9,16H2,1-2H3. The fourth-order valence-electron chi connectivity index (χ4n) is 2.10. The van der Waals surface area contributed by atoms with E-state index in [0.717, 1.165) is 34.9 Å². The summed E-state index contributed by atoms with van der Waals surface area (Å²) in [7, 11) is 0. The minimum absolute atomic E-state index is 0.00537. The predicted octanol–water partition coefficient (Wildman–Crippen LogP) is 2.61. The van der Waals surface area contributed by atoms with E-state index in [1.54, 1.807) is 0 Å². The predicted molar refractivity (Wildman–Crippen MR) is 77.9 cm³/mol. The number of aromatic nitrogens is 2. The van der Waals surface area contributed by atoms with Gasteiger partial charge in [-0.2, -0.15) is 0 Å².